The number of rotatable bonds is 11. The van der Waals surface area contributed by atoms with Crippen molar-refractivity contribution in [3.63, 3.8) is 0 Å². The van der Waals surface area contributed by atoms with Crippen molar-refractivity contribution >= 4 is 23.2 Å². The summed E-state index contributed by atoms with van der Waals surface area (Å²) < 4.78 is 0. The number of unbranched alkanes of at least 4 members (excludes halogenated alkanes) is 1. The van der Waals surface area contributed by atoms with Crippen LogP contribution in [0, 0.1) is 0 Å². The minimum absolute atomic E-state index is 0.139. The van der Waals surface area contributed by atoms with Crippen LogP contribution in [0.4, 0.5) is 0 Å². The van der Waals surface area contributed by atoms with Crippen LogP contribution in [-0.4, -0.2) is 23.2 Å². The Kier molecular flexibility index (Phi) is 10.00. The first-order chi connectivity index (χ1) is 14.5. The molecule has 0 saturated carbocycles. The maximum atomic E-state index is 11.9. The Balaban J connectivity index is 1.58. The molecule has 0 aliphatic rings. The molecule has 6 nitrogen and oxygen atoms in total. The van der Waals surface area contributed by atoms with E-state index in [0.717, 1.165) is 22.6 Å². The third-order valence-electron chi connectivity index (χ3n) is 4.41. The van der Waals surface area contributed by atoms with Crippen molar-refractivity contribution in [2.24, 2.45) is 10.2 Å². The van der Waals surface area contributed by atoms with Crippen LogP contribution < -0.4 is 10.9 Å². The van der Waals surface area contributed by atoms with Crippen LogP contribution in [0.15, 0.2) is 70.9 Å². The molecule has 0 bridgehead atoms. The first kappa shape index (κ1) is 23.0. The molecule has 0 aromatic heterocycles. The third kappa shape index (κ3) is 9.78. The van der Waals surface area contributed by atoms with Crippen LogP contribution in [-0.2, 0) is 22.4 Å². The van der Waals surface area contributed by atoms with E-state index in [1.807, 2.05) is 74.5 Å². The highest BCUT2D eigenvalue weighted by molar-refractivity contribution is 5.86. The maximum absolute atomic E-state index is 11.9. The summed E-state index contributed by atoms with van der Waals surface area (Å²) in [7, 11) is 0. The van der Waals surface area contributed by atoms with E-state index in [1.165, 1.54) is 0 Å². The predicted molar refractivity (Wildman–Crippen MR) is 121 cm³/mol. The van der Waals surface area contributed by atoms with E-state index >= 15 is 0 Å². The summed E-state index contributed by atoms with van der Waals surface area (Å²) in [6, 6.07) is 20.0. The van der Waals surface area contributed by atoms with Crippen molar-refractivity contribution in [1.29, 1.82) is 0 Å². The molecule has 0 aliphatic heterocycles. The molecule has 158 valence electrons. The van der Waals surface area contributed by atoms with Crippen molar-refractivity contribution in [1.82, 2.24) is 10.9 Å². The molecular formula is C24H30N4O2. The molecule has 0 aliphatic carbocycles. The van der Waals surface area contributed by atoms with Gasteiger partial charge in [-0.3, -0.25) is 9.59 Å². The molecule has 0 atom stereocenters. The molecular weight excluding hydrogens is 376 g/mol. The Bertz CT molecular complexity index is 788. The van der Waals surface area contributed by atoms with Gasteiger partial charge in [-0.2, -0.15) is 10.2 Å². The number of nitrogens with one attached hydrogen (secondary N) is 2. The van der Waals surface area contributed by atoms with Gasteiger partial charge in [0.1, 0.15) is 0 Å². The number of nitrogens with zero attached hydrogens (tertiary/aromatic N) is 2. The number of carbonyl (C=O) groups is 2. The topological polar surface area (TPSA) is 82.9 Å². The van der Waals surface area contributed by atoms with Crippen LogP contribution in [0.3, 0.4) is 0 Å². The predicted octanol–water partition coefficient (Wildman–Crippen LogP) is 4.02. The van der Waals surface area contributed by atoms with Crippen LogP contribution in [0.5, 0.6) is 0 Å². The van der Waals surface area contributed by atoms with Gasteiger partial charge in [-0.1, -0.05) is 60.7 Å². The molecule has 2 aromatic carbocycles. The average molecular weight is 407 g/mol. The van der Waals surface area contributed by atoms with Gasteiger partial charge < -0.3 is 0 Å². The quantitative estimate of drug-likeness (QED) is 0.336. The third-order valence-corrected chi connectivity index (χ3v) is 4.41. The summed E-state index contributed by atoms with van der Waals surface area (Å²) in [5, 5.41) is 8.27. The van der Waals surface area contributed by atoms with Crippen LogP contribution >= 0.6 is 0 Å². The van der Waals surface area contributed by atoms with Crippen LogP contribution in [0.25, 0.3) is 0 Å². The second-order valence-corrected chi connectivity index (χ2v) is 7.30. The smallest absolute Gasteiger partial charge is 0.240 e. The Labute approximate surface area is 178 Å². The summed E-state index contributed by atoms with van der Waals surface area (Å²) in [6.07, 6.45) is 3.33. The van der Waals surface area contributed by atoms with Gasteiger partial charge in [-0.25, -0.2) is 10.9 Å². The van der Waals surface area contributed by atoms with Gasteiger partial charge in [0.15, 0.2) is 0 Å². The fourth-order valence-electron chi connectivity index (χ4n) is 2.86. The fraction of sp³-hybridized carbons (Fsp3) is 0.333. The van der Waals surface area contributed by atoms with Crippen LogP contribution in [0.1, 0.15) is 50.7 Å². The Morgan fingerprint density at radius 1 is 0.667 bits per heavy atom. The maximum Gasteiger partial charge on any atom is 0.240 e. The normalized spacial score (nSPS) is 11.8. The van der Waals surface area contributed by atoms with E-state index in [-0.39, 0.29) is 11.8 Å². The molecule has 2 rings (SSSR count). The molecule has 0 spiro atoms. The zero-order valence-corrected chi connectivity index (χ0v) is 17.7. The number of amides is 2. The lowest BCUT2D eigenvalue weighted by molar-refractivity contribution is -0.123. The molecule has 2 N–H and O–H groups in total. The van der Waals surface area contributed by atoms with E-state index in [4.69, 9.17) is 0 Å². The van der Waals surface area contributed by atoms with Crippen molar-refractivity contribution in [3.8, 4) is 0 Å². The Hall–Kier alpha value is -3.28. The van der Waals surface area contributed by atoms with Crippen molar-refractivity contribution in [2.75, 3.05) is 0 Å². The van der Waals surface area contributed by atoms with Gasteiger partial charge in [0.2, 0.25) is 11.8 Å². The molecule has 0 unspecified atom stereocenters. The molecule has 2 amide bonds. The van der Waals surface area contributed by atoms with Gasteiger partial charge in [-0.05, 0) is 37.8 Å². The summed E-state index contributed by atoms with van der Waals surface area (Å²) in [5.74, 6) is -0.279. The number of hydrogen-bond acceptors (Lipinski definition) is 4. The molecule has 0 fully saturated rings. The summed E-state index contributed by atoms with van der Waals surface area (Å²) in [5.41, 5.74) is 9.16. The first-order valence-corrected chi connectivity index (χ1v) is 10.2. The Morgan fingerprint density at radius 2 is 1.03 bits per heavy atom. The van der Waals surface area contributed by atoms with E-state index < -0.39 is 0 Å². The lowest BCUT2D eigenvalue weighted by Crippen LogP contribution is -2.20. The highest BCUT2D eigenvalue weighted by Crippen LogP contribution is 2.03. The molecule has 30 heavy (non-hydrogen) atoms. The number of carbonyl (C=O) groups excluding carboxylic acids is 2. The van der Waals surface area contributed by atoms with Gasteiger partial charge in [0, 0.05) is 37.1 Å². The van der Waals surface area contributed by atoms with E-state index in [2.05, 4.69) is 21.1 Å². The SMILES string of the molecule is CC(Cc1ccccc1)=NNC(=O)CCCCC(=O)NN=C(C)Cc1ccccc1. The monoisotopic (exact) mass is 406 g/mol. The zero-order chi connectivity index (χ0) is 21.6. The lowest BCUT2D eigenvalue weighted by atomic mass is 10.1. The fourth-order valence-corrected chi connectivity index (χ4v) is 2.86. The number of hydrazone groups is 2. The van der Waals surface area contributed by atoms with E-state index in [9.17, 15) is 9.59 Å². The summed E-state index contributed by atoms with van der Waals surface area (Å²) in [6.45, 7) is 3.77. The second-order valence-electron chi connectivity index (χ2n) is 7.30. The highest BCUT2D eigenvalue weighted by atomic mass is 16.2. The molecule has 0 radical (unpaired) electrons. The lowest BCUT2D eigenvalue weighted by Gasteiger charge is -2.04. The van der Waals surface area contributed by atoms with Crippen molar-refractivity contribution < 1.29 is 9.59 Å². The van der Waals surface area contributed by atoms with E-state index in [1.54, 1.807) is 0 Å². The van der Waals surface area contributed by atoms with Gasteiger partial charge in [-0.15, -0.1) is 0 Å². The first-order valence-electron chi connectivity index (χ1n) is 10.2. The minimum atomic E-state index is -0.139. The van der Waals surface area contributed by atoms with Gasteiger partial charge in [0.25, 0.3) is 0 Å². The molecule has 6 heteroatoms. The summed E-state index contributed by atoms with van der Waals surface area (Å²) >= 11 is 0. The highest BCUT2D eigenvalue weighted by Gasteiger charge is 2.04. The second kappa shape index (κ2) is 13.0. The van der Waals surface area contributed by atoms with Crippen molar-refractivity contribution in [2.45, 2.75) is 52.4 Å². The largest absolute Gasteiger partial charge is 0.273 e. The van der Waals surface area contributed by atoms with Gasteiger partial charge >= 0.3 is 0 Å². The number of benzene rings is 2. The van der Waals surface area contributed by atoms with Crippen molar-refractivity contribution in [3.05, 3.63) is 71.8 Å². The minimum Gasteiger partial charge on any atom is -0.273 e. The van der Waals surface area contributed by atoms with E-state index in [0.29, 0.717) is 38.5 Å². The standard InChI is InChI=1S/C24H30N4O2/c1-19(17-21-11-5-3-6-12-21)25-27-23(29)15-9-10-16-24(30)28-26-20(2)18-22-13-7-4-8-14-22/h3-8,11-14H,9-10,15-18H2,1-2H3,(H,27,29)(H,28,30). The molecule has 0 heterocycles. The molecule has 2 aromatic rings. The zero-order valence-electron chi connectivity index (χ0n) is 17.7. The molecule has 0 saturated heterocycles. The van der Waals surface area contributed by atoms with Crippen LogP contribution in [0.2, 0.25) is 0 Å². The van der Waals surface area contributed by atoms with Gasteiger partial charge in [0.05, 0.1) is 0 Å². The number of hydrogen-bond donors (Lipinski definition) is 2. The average Bonchev–Trinajstić information content (AvgIpc) is 2.75. The Morgan fingerprint density at radius 3 is 1.40 bits per heavy atom. The summed E-state index contributed by atoms with van der Waals surface area (Å²) in [4.78, 5) is 23.8.